The highest BCUT2D eigenvalue weighted by atomic mass is 16.4. The van der Waals surface area contributed by atoms with E-state index in [9.17, 15) is 14.7 Å². The zero-order chi connectivity index (χ0) is 14.3. The van der Waals surface area contributed by atoms with Gasteiger partial charge in [-0.15, -0.1) is 0 Å². The molecule has 1 heterocycles. The number of carbonyl (C=O) groups excluding carboxylic acids is 1. The molecule has 0 aromatic heterocycles. The van der Waals surface area contributed by atoms with Crippen molar-refractivity contribution >= 4 is 11.9 Å². The average molecular weight is 267 g/mol. The number of aliphatic carboxylic acids is 1. The normalized spacial score (nSPS) is 23.6. The lowest BCUT2D eigenvalue weighted by Crippen LogP contribution is -2.50. The SMILES string of the molecule is CCCC1(C(=O)O)CCCN(CC(=O)NCC#N)C1. The fourth-order valence-electron chi connectivity index (χ4n) is 2.72. The van der Waals surface area contributed by atoms with Crippen LogP contribution in [-0.2, 0) is 9.59 Å². The lowest BCUT2D eigenvalue weighted by Gasteiger charge is -2.39. The van der Waals surface area contributed by atoms with Crippen LogP contribution in [0.3, 0.4) is 0 Å². The molecule has 1 amide bonds. The Bertz CT molecular complexity index is 374. The summed E-state index contributed by atoms with van der Waals surface area (Å²) in [6.07, 6.45) is 2.92. The van der Waals surface area contributed by atoms with Gasteiger partial charge in [0.1, 0.15) is 6.54 Å². The topological polar surface area (TPSA) is 93.4 Å². The summed E-state index contributed by atoms with van der Waals surface area (Å²) in [6.45, 7) is 3.28. The lowest BCUT2D eigenvalue weighted by molar-refractivity contribution is -0.154. The second-order valence-corrected chi connectivity index (χ2v) is 5.08. The number of hydrogen-bond donors (Lipinski definition) is 2. The molecule has 0 radical (unpaired) electrons. The number of nitrogens with one attached hydrogen (secondary N) is 1. The maximum absolute atomic E-state index is 11.6. The number of piperidine rings is 1. The fraction of sp³-hybridized carbons (Fsp3) is 0.769. The van der Waals surface area contributed by atoms with E-state index in [1.165, 1.54) is 0 Å². The molecule has 106 valence electrons. The summed E-state index contributed by atoms with van der Waals surface area (Å²) in [5.41, 5.74) is -0.720. The number of hydrogen-bond acceptors (Lipinski definition) is 4. The van der Waals surface area contributed by atoms with Gasteiger partial charge in [-0.25, -0.2) is 0 Å². The first-order valence-electron chi connectivity index (χ1n) is 6.63. The minimum atomic E-state index is -0.767. The van der Waals surface area contributed by atoms with E-state index in [1.807, 2.05) is 17.9 Å². The zero-order valence-corrected chi connectivity index (χ0v) is 11.3. The molecule has 0 aromatic carbocycles. The van der Waals surface area contributed by atoms with Crippen LogP contribution >= 0.6 is 0 Å². The van der Waals surface area contributed by atoms with Crippen LogP contribution in [0.15, 0.2) is 0 Å². The van der Waals surface area contributed by atoms with Crippen LogP contribution in [0.1, 0.15) is 32.6 Å². The zero-order valence-electron chi connectivity index (χ0n) is 11.3. The largest absolute Gasteiger partial charge is 0.481 e. The molecule has 1 atom stereocenters. The number of carboxylic acids is 1. The van der Waals surface area contributed by atoms with E-state index in [2.05, 4.69) is 5.32 Å². The Kier molecular flexibility index (Phi) is 5.77. The Morgan fingerprint density at radius 2 is 2.26 bits per heavy atom. The molecule has 1 saturated heterocycles. The summed E-state index contributed by atoms with van der Waals surface area (Å²) in [7, 11) is 0. The molecular formula is C13H21N3O3. The van der Waals surface area contributed by atoms with E-state index in [4.69, 9.17) is 5.26 Å². The Labute approximate surface area is 113 Å². The molecule has 1 aliphatic rings. The van der Waals surface area contributed by atoms with Crippen molar-refractivity contribution in [2.75, 3.05) is 26.2 Å². The summed E-state index contributed by atoms with van der Waals surface area (Å²) in [6, 6.07) is 1.85. The average Bonchev–Trinajstić information content (AvgIpc) is 2.37. The van der Waals surface area contributed by atoms with Crippen molar-refractivity contribution in [3.05, 3.63) is 0 Å². The number of likely N-dealkylation sites (tertiary alicyclic amines) is 1. The van der Waals surface area contributed by atoms with Gasteiger partial charge in [-0.1, -0.05) is 13.3 Å². The smallest absolute Gasteiger partial charge is 0.310 e. The van der Waals surface area contributed by atoms with E-state index in [-0.39, 0.29) is 19.0 Å². The molecule has 1 rings (SSSR count). The van der Waals surface area contributed by atoms with Crippen LogP contribution in [0, 0.1) is 16.7 Å². The van der Waals surface area contributed by atoms with Crippen molar-refractivity contribution in [2.24, 2.45) is 5.41 Å². The Hall–Kier alpha value is -1.61. The number of carboxylic acid groups (broad SMARTS) is 1. The molecule has 0 aliphatic carbocycles. The van der Waals surface area contributed by atoms with Crippen molar-refractivity contribution in [1.82, 2.24) is 10.2 Å². The van der Waals surface area contributed by atoms with Crippen LogP contribution in [0.2, 0.25) is 0 Å². The van der Waals surface area contributed by atoms with Crippen molar-refractivity contribution in [1.29, 1.82) is 5.26 Å². The number of nitrogens with zero attached hydrogens (tertiary/aromatic N) is 2. The second-order valence-electron chi connectivity index (χ2n) is 5.08. The lowest BCUT2D eigenvalue weighted by atomic mass is 9.76. The first-order chi connectivity index (χ1) is 9.04. The van der Waals surface area contributed by atoms with Gasteiger partial charge < -0.3 is 10.4 Å². The third-order valence-corrected chi connectivity index (χ3v) is 3.57. The summed E-state index contributed by atoms with van der Waals surface area (Å²) in [4.78, 5) is 24.9. The van der Waals surface area contributed by atoms with Crippen LogP contribution in [0.5, 0.6) is 0 Å². The third kappa shape index (κ3) is 4.21. The van der Waals surface area contributed by atoms with Crippen molar-refractivity contribution < 1.29 is 14.7 Å². The van der Waals surface area contributed by atoms with Gasteiger partial charge in [0, 0.05) is 6.54 Å². The highest BCUT2D eigenvalue weighted by Gasteiger charge is 2.41. The molecule has 1 unspecified atom stereocenters. The number of rotatable bonds is 6. The molecule has 2 N–H and O–H groups in total. The van der Waals surface area contributed by atoms with E-state index >= 15 is 0 Å². The molecular weight excluding hydrogens is 246 g/mol. The van der Waals surface area contributed by atoms with Crippen LogP contribution in [0.25, 0.3) is 0 Å². The van der Waals surface area contributed by atoms with Crippen LogP contribution < -0.4 is 5.32 Å². The summed E-state index contributed by atoms with van der Waals surface area (Å²) >= 11 is 0. The number of carbonyl (C=O) groups is 2. The van der Waals surface area contributed by atoms with Gasteiger partial charge in [0.05, 0.1) is 18.0 Å². The first kappa shape index (κ1) is 15.4. The van der Waals surface area contributed by atoms with Gasteiger partial charge in [-0.2, -0.15) is 5.26 Å². The molecule has 0 spiro atoms. The molecule has 0 saturated carbocycles. The predicted molar refractivity (Wildman–Crippen MR) is 69.3 cm³/mol. The van der Waals surface area contributed by atoms with Gasteiger partial charge >= 0.3 is 5.97 Å². The van der Waals surface area contributed by atoms with Crippen molar-refractivity contribution in [2.45, 2.75) is 32.6 Å². The van der Waals surface area contributed by atoms with Gasteiger partial charge in [-0.05, 0) is 25.8 Å². The minimum Gasteiger partial charge on any atom is -0.481 e. The van der Waals surface area contributed by atoms with Crippen LogP contribution in [-0.4, -0.2) is 48.1 Å². The van der Waals surface area contributed by atoms with Crippen LogP contribution in [0.4, 0.5) is 0 Å². The highest BCUT2D eigenvalue weighted by Crippen LogP contribution is 2.34. The monoisotopic (exact) mass is 267 g/mol. The summed E-state index contributed by atoms with van der Waals surface area (Å²) < 4.78 is 0. The van der Waals surface area contributed by atoms with Gasteiger partial charge in [0.2, 0.25) is 5.91 Å². The molecule has 19 heavy (non-hydrogen) atoms. The maximum Gasteiger partial charge on any atom is 0.310 e. The van der Waals surface area contributed by atoms with E-state index in [1.54, 1.807) is 0 Å². The molecule has 1 fully saturated rings. The van der Waals surface area contributed by atoms with Gasteiger partial charge in [-0.3, -0.25) is 14.5 Å². The van der Waals surface area contributed by atoms with Crippen molar-refractivity contribution in [3.8, 4) is 6.07 Å². The third-order valence-electron chi connectivity index (χ3n) is 3.57. The molecule has 1 aliphatic heterocycles. The molecule has 6 heteroatoms. The summed E-state index contributed by atoms with van der Waals surface area (Å²) in [5.74, 6) is -0.990. The number of nitriles is 1. The highest BCUT2D eigenvalue weighted by molar-refractivity contribution is 5.79. The molecule has 6 nitrogen and oxygen atoms in total. The van der Waals surface area contributed by atoms with Gasteiger partial charge in [0.25, 0.3) is 0 Å². The Morgan fingerprint density at radius 1 is 1.53 bits per heavy atom. The standard InChI is InChI=1S/C13H21N3O3/c1-2-4-13(12(18)19)5-3-8-16(10-13)9-11(17)15-7-6-14/h2-5,7-10H2,1H3,(H,15,17)(H,18,19). The van der Waals surface area contributed by atoms with Gasteiger partial charge in [0.15, 0.2) is 0 Å². The van der Waals surface area contributed by atoms with E-state index in [0.29, 0.717) is 19.4 Å². The molecule has 0 bridgehead atoms. The quantitative estimate of drug-likeness (QED) is 0.687. The first-order valence-corrected chi connectivity index (χ1v) is 6.63. The molecule has 0 aromatic rings. The maximum atomic E-state index is 11.6. The minimum absolute atomic E-state index is 0.00823. The number of amides is 1. The second kappa shape index (κ2) is 7.10. The predicted octanol–water partition coefficient (Wildman–Crippen LogP) is 0.593. The summed E-state index contributed by atoms with van der Waals surface area (Å²) in [5, 5.41) is 20.3. The van der Waals surface area contributed by atoms with E-state index < -0.39 is 11.4 Å². The van der Waals surface area contributed by atoms with Crippen molar-refractivity contribution in [3.63, 3.8) is 0 Å². The van der Waals surface area contributed by atoms with E-state index in [0.717, 1.165) is 19.4 Å². The Morgan fingerprint density at radius 3 is 2.84 bits per heavy atom. The Balaban J connectivity index is 2.60. The fourth-order valence-corrected chi connectivity index (χ4v) is 2.72.